The van der Waals surface area contributed by atoms with Gasteiger partial charge in [-0.25, -0.2) is 13.4 Å². The van der Waals surface area contributed by atoms with Crippen molar-refractivity contribution in [3.8, 4) is 0 Å². The second kappa shape index (κ2) is 4.04. The molecule has 14 heavy (non-hydrogen) atoms. The first-order valence-electron chi connectivity index (χ1n) is 3.97. The number of aliphatic hydroxyl groups is 1. The van der Waals surface area contributed by atoms with Crippen LogP contribution in [0.5, 0.6) is 0 Å². The van der Waals surface area contributed by atoms with E-state index in [2.05, 4.69) is 4.98 Å². The summed E-state index contributed by atoms with van der Waals surface area (Å²) in [5.74, 6) is 0. The van der Waals surface area contributed by atoms with E-state index in [0.717, 1.165) is 6.26 Å². The summed E-state index contributed by atoms with van der Waals surface area (Å²) in [6.45, 7) is -0.229. The molecule has 78 valence electrons. The minimum Gasteiger partial charge on any atom is -0.394 e. The zero-order valence-corrected chi connectivity index (χ0v) is 8.53. The molecule has 0 aliphatic rings. The van der Waals surface area contributed by atoms with Crippen LogP contribution in [0.25, 0.3) is 0 Å². The van der Waals surface area contributed by atoms with Crippen LogP contribution < -0.4 is 5.73 Å². The first-order chi connectivity index (χ1) is 6.45. The zero-order chi connectivity index (χ0) is 10.8. The lowest BCUT2D eigenvalue weighted by atomic mass is 10.1. The van der Waals surface area contributed by atoms with Crippen LogP contribution in [-0.2, 0) is 9.84 Å². The fourth-order valence-corrected chi connectivity index (χ4v) is 1.57. The van der Waals surface area contributed by atoms with E-state index in [1.165, 1.54) is 12.3 Å². The van der Waals surface area contributed by atoms with Gasteiger partial charge in [0.15, 0.2) is 14.9 Å². The molecule has 6 heteroatoms. The van der Waals surface area contributed by atoms with E-state index in [4.69, 9.17) is 10.8 Å². The number of hydrogen-bond donors (Lipinski definition) is 2. The molecule has 0 aliphatic carbocycles. The fraction of sp³-hybridized carbons (Fsp3) is 0.375. The third-order valence-electron chi connectivity index (χ3n) is 1.76. The predicted molar refractivity (Wildman–Crippen MR) is 51.4 cm³/mol. The lowest BCUT2D eigenvalue weighted by molar-refractivity contribution is 0.268. The number of rotatable bonds is 3. The molecule has 1 aromatic heterocycles. The lowest BCUT2D eigenvalue weighted by Gasteiger charge is -2.08. The first-order valence-corrected chi connectivity index (χ1v) is 5.86. The Morgan fingerprint density at radius 3 is 2.79 bits per heavy atom. The van der Waals surface area contributed by atoms with E-state index in [-0.39, 0.29) is 11.6 Å². The molecule has 5 nitrogen and oxygen atoms in total. The maximum absolute atomic E-state index is 11.1. The highest BCUT2D eigenvalue weighted by atomic mass is 32.2. The monoisotopic (exact) mass is 216 g/mol. The fourth-order valence-electron chi connectivity index (χ4n) is 0.964. The van der Waals surface area contributed by atoms with Gasteiger partial charge in [0, 0.05) is 12.5 Å². The van der Waals surface area contributed by atoms with Crippen molar-refractivity contribution in [3.05, 3.63) is 23.9 Å². The average molecular weight is 216 g/mol. The predicted octanol–water partition coefficient (Wildman–Crippen LogP) is -0.523. The SMILES string of the molecule is CS(=O)(=O)c1cc([C@@H](N)CO)ccn1. The van der Waals surface area contributed by atoms with Gasteiger partial charge in [-0.15, -0.1) is 0 Å². The summed E-state index contributed by atoms with van der Waals surface area (Å²) in [5.41, 5.74) is 6.09. The van der Waals surface area contributed by atoms with Crippen molar-refractivity contribution in [3.63, 3.8) is 0 Å². The Morgan fingerprint density at radius 1 is 1.64 bits per heavy atom. The Labute approximate surface area is 82.5 Å². The van der Waals surface area contributed by atoms with Crippen molar-refractivity contribution in [2.45, 2.75) is 11.1 Å². The minimum atomic E-state index is -3.32. The van der Waals surface area contributed by atoms with Gasteiger partial charge >= 0.3 is 0 Å². The lowest BCUT2D eigenvalue weighted by Crippen LogP contribution is -2.15. The highest BCUT2D eigenvalue weighted by Crippen LogP contribution is 2.13. The summed E-state index contributed by atoms with van der Waals surface area (Å²) in [7, 11) is -3.32. The van der Waals surface area contributed by atoms with Crippen LogP contribution in [0.2, 0.25) is 0 Å². The summed E-state index contributed by atoms with van der Waals surface area (Å²) < 4.78 is 22.3. The molecule has 3 N–H and O–H groups in total. The van der Waals surface area contributed by atoms with Crippen LogP contribution in [0.4, 0.5) is 0 Å². The molecule has 0 bridgehead atoms. The van der Waals surface area contributed by atoms with Crippen LogP contribution in [0.15, 0.2) is 23.4 Å². The molecule has 0 aromatic carbocycles. The molecule has 0 saturated heterocycles. The number of nitrogens with two attached hydrogens (primary N) is 1. The highest BCUT2D eigenvalue weighted by Gasteiger charge is 2.11. The zero-order valence-electron chi connectivity index (χ0n) is 7.71. The average Bonchev–Trinajstić information content (AvgIpc) is 2.15. The van der Waals surface area contributed by atoms with Gasteiger partial charge in [-0.1, -0.05) is 0 Å². The van der Waals surface area contributed by atoms with E-state index in [9.17, 15) is 8.42 Å². The topological polar surface area (TPSA) is 93.3 Å². The molecule has 0 radical (unpaired) electrons. The van der Waals surface area contributed by atoms with Gasteiger partial charge in [-0.05, 0) is 17.7 Å². The maximum Gasteiger partial charge on any atom is 0.192 e. The van der Waals surface area contributed by atoms with Crippen molar-refractivity contribution in [2.75, 3.05) is 12.9 Å². The second-order valence-electron chi connectivity index (χ2n) is 2.99. The molecular formula is C8H12N2O3S. The Hall–Kier alpha value is -0.980. The van der Waals surface area contributed by atoms with Crippen LogP contribution in [0.3, 0.4) is 0 Å². The van der Waals surface area contributed by atoms with E-state index in [0.29, 0.717) is 5.56 Å². The molecule has 0 unspecified atom stereocenters. The quantitative estimate of drug-likeness (QED) is 0.709. The Bertz CT molecular complexity index is 416. The smallest absolute Gasteiger partial charge is 0.192 e. The first kappa shape index (κ1) is 11.1. The van der Waals surface area contributed by atoms with Crippen LogP contribution >= 0.6 is 0 Å². The number of sulfone groups is 1. The number of aliphatic hydroxyl groups excluding tert-OH is 1. The molecule has 0 aliphatic heterocycles. The second-order valence-corrected chi connectivity index (χ2v) is 4.95. The highest BCUT2D eigenvalue weighted by molar-refractivity contribution is 7.90. The third kappa shape index (κ3) is 2.50. The number of hydrogen-bond acceptors (Lipinski definition) is 5. The molecule has 1 atom stereocenters. The summed E-state index contributed by atoms with van der Waals surface area (Å²) in [5, 5.41) is 8.76. The Kier molecular flexibility index (Phi) is 3.20. The van der Waals surface area contributed by atoms with Crippen molar-refractivity contribution in [1.82, 2.24) is 4.98 Å². The van der Waals surface area contributed by atoms with Gasteiger partial charge in [0.1, 0.15) is 0 Å². The standard InChI is InChI=1S/C8H12N2O3S/c1-14(12,13)8-4-6(2-3-10-8)7(9)5-11/h2-4,7,11H,5,9H2,1H3/t7-/m0/s1. The van der Waals surface area contributed by atoms with E-state index in [1.807, 2.05) is 0 Å². The molecule has 1 heterocycles. The van der Waals surface area contributed by atoms with E-state index >= 15 is 0 Å². The van der Waals surface area contributed by atoms with Crippen molar-refractivity contribution < 1.29 is 13.5 Å². The van der Waals surface area contributed by atoms with Crippen LogP contribution in [-0.4, -0.2) is 31.4 Å². The number of nitrogens with zero attached hydrogens (tertiary/aromatic N) is 1. The molecule has 1 rings (SSSR count). The van der Waals surface area contributed by atoms with Crippen molar-refractivity contribution >= 4 is 9.84 Å². The Morgan fingerprint density at radius 2 is 2.29 bits per heavy atom. The summed E-state index contributed by atoms with van der Waals surface area (Å²) in [6.07, 6.45) is 2.44. The van der Waals surface area contributed by atoms with Crippen LogP contribution in [0, 0.1) is 0 Å². The van der Waals surface area contributed by atoms with Gasteiger partial charge < -0.3 is 10.8 Å². The summed E-state index contributed by atoms with van der Waals surface area (Å²) in [6, 6.07) is 2.38. The molecular weight excluding hydrogens is 204 g/mol. The Balaban J connectivity index is 3.14. The summed E-state index contributed by atoms with van der Waals surface area (Å²) in [4.78, 5) is 3.70. The molecule has 0 amide bonds. The van der Waals surface area contributed by atoms with Gasteiger partial charge in [-0.3, -0.25) is 0 Å². The van der Waals surface area contributed by atoms with Crippen LogP contribution in [0.1, 0.15) is 11.6 Å². The molecule has 0 fully saturated rings. The molecule has 1 aromatic rings. The molecule has 0 saturated carbocycles. The minimum absolute atomic E-state index is 0.0288. The van der Waals surface area contributed by atoms with Gasteiger partial charge in [0.2, 0.25) is 0 Å². The largest absolute Gasteiger partial charge is 0.394 e. The van der Waals surface area contributed by atoms with E-state index in [1.54, 1.807) is 6.07 Å². The summed E-state index contributed by atoms with van der Waals surface area (Å²) >= 11 is 0. The van der Waals surface area contributed by atoms with Gasteiger partial charge in [0.25, 0.3) is 0 Å². The normalized spacial score (nSPS) is 13.9. The van der Waals surface area contributed by atoms with Gasteiger partial charge in [-0.2, -0.15) is 0 Å². The van der Waals surface area contributed by atoms with Crippen molar-refractivity contribution in [1.29, 1.82) is 0 Å². The third-order valence-corrected chi connectivity index (χ3v) is 2.75. The molecule has 0 spiro atoms. The van der Waals surface area contributed by atoms with Gasteiger partial charge in [0.05, 0.1) is 12.6 Å². The van der Waals surface area contributed by atoms with Crippen molar-refractivity contribution in [2.24, 2.45) is 5.73 Å². The van der Waals surface area contributed by atoms with E-state index < -0.39 is 15.9 Å². The maximum atomic E-state index is 11.1. The number of pyridine rings is 1. The number of aromatic nitrogens is 1.